The Balaban J connectivity index is 1.50. The number of nitrogens with zero attached hydrogens (tertiary/aromatic N) is 3. The summed E-state index contributed by atoms with van der Waals surface area (Å²) in [6.45, 7) is 2.61. The van der Waals surface area contributed by atoms with Crippen molar-refractivity contribution in [3.63, 3.8) is 0 Å². The van der Waals surface area contributed by atoms with Gasteiger partial charge in [0.1, 0.15) is 22.3 Å². The highest BCUT2D eigenvalue weighted by Crippen LogP contribution is 2.32. The molecule has 0 unspecified atom stereocenters. The highest BCUT2D eigenvalue weighted by atomic mass is 32.1. The van der Waals surface area contributed by atoms with Gasteiger partial charge in [-0.2, -0.15) is 4.98 Å². The molecule has 2 heterocycles. The maximum absolute atomic E-state index is 5.49. The van der Waals surface area contributed by atoms with Crippen LogP contribution in [0.2, 0.25) is 0 Å². The summed E-state index contributed by atoms with van der Waals surface area (Å²) >= 11 is 1.56. The third-order valence-corrected chi connectivity index (χ3v) is 5.28. The van der Waals surface area contributed by atoms with Crippen LogP contribution in [0, 0.1) is 0 Å². The maximum atomic E-state index is 5.49. The summed E-state index contributed by atoms with van der Waals surface area (Å²) in [5.41, 5.74) is 2.69. The number of hydrogen-bond acceptors (Lipinski definition) is 8. The van der Waals surface area contributed by atoms with Gasteiger partial charge in [-0.25, -0.2) is 4.98 Å². The van der Waals surface area contributed by atoms with Gasteiger partial charge in [0.25, 0.3) is 0 Å². The molecule has 154 valence electrons. The van der Waals surface area contributed by atoms with Crippen molar-refractivity contribution in [2.45, 2.75) is 13.3 Å². The number of aromatic nitrogens is 3. The second-order valence-electron chi connectivity index (χ2n) is 6.34. The molecule has 0 aliphatic heterocycles. The molecule has 0 fully saturated rings. The van der Waals surface area contributed by atoms with Gasteiger partial charge in [0, 0.05) is 17.0 Å². The Hall–Kier alpha value is -3.39. The van der Waals surface area contributed by atoms with Crippen molar-refractivity contribution in [2.75, 3.05) is 20.8 Å². The van der Waals surface area contributed by atoms with Gasteiger partial charge in [0.05, 0.1) is 38.5 Å². The Morgan fingerprint density at radius 3 is 2.50 bits per heavy atom. The minimum Gasteiger partial charge on any atom is -0.497 e. The van der Waals surface area contributed by atoms with Gasteiger partial charge in [-0.05, 0) is 43.3 Å². The molecule has 0 aliphatic carbocycles. The third-order valence-electron chi connectivity index (χ3n) is 4.43. The van der Waals surface area contributed by atoms with Gasteiger partial charge in [-0.1, -0.05) is 5.16 Å². The maximum Gasteiger partial charge on any atom is 0.233 e. The molecule has 4 rings (SSSR count). The first-order valence-corrected chi connectivity index (χ1v) is 10.3. The van der Waals surface area contributed by atoms with Crippen molar-refractivity contribution in [1.29, 1.82) is 0 Å². The summed E-state index contributed by atoms with van der Waals surface area (Å²) in [6.07, 6.45) is 0.465. The molecule has 2 aromatic carbocycles. The van der Waals surface area contributed by atoms with Gasteiger partial charge >= 0.3 is 0 Å². The van der Waals surface area contributed by atoms with Crippen LogP contribution in [-0.4, -0.2) is 36.0 Å². The first-order valence-electron chi connectivity index (χ1n) is 9.42. The van der Waals surface area contributed by atoms with Crippen LogP contribution in [0.25, 0.3) is 22.6 Å². The summed E-state index contributed by atoms with van der Waals surface area (Å²) in [5, 5.41) is 7.02. The van der Waals surface area contributed by atoms with Crippen LogP contribution in [-0.2, 0) is 6.42 Å². The Labute approximate surface area is 178 Å². The second kappa shape index (κ2) is 8.96. The molecule has 0 amide bonds. The van der Waals surface area contributed by atoms with Gasteiger partial charge < -0.3 is 18.7 Å². The number of thiazole rings is 1. The lowest BCUT2D eigenvalue weighted by atomic mass is 10.2. The monoisotopic (exact) mass is 423 g/mol. The highest BCUT2D eigenvalue weighted by Gasteiger charge is 2.16. The number of rotatable bonds is 8. The SMILES string of the molecule is CCOc1ccc(-c2csc(Cc3nc(-c4ccc(OC)cc4OC)no3)n2)cc1. The standard InChI is InChI=1S/C22H21N3O4S/c1-4-28-15-7-5-14(6-8-15)18-13-30-21(23-18)12-20-24-22(25-29-20)17-10-9-16(26-2)11-19(17)27-3/h5-11,13H,4,12H2,1-3H3. The van der Waals surface area contributed by atoms with Crippen LogP contribution in [0.15, 0.2) is 52.4 Å². The zero-order valence-corrected chi connectivity index (χ0v) is 17.7. The van der Waals surface area contributed by atoms with Crippen molar-refractivity contribution in [3.05, 3.63) is 58.7 Å². The molecule has 7 nitrogen and oxygen atoms in total. The van der Waals surface area contributed by atoms with Crippen molar-refractivity contribution < 1.29 is 18.7 Å². The van der Waals surface area contributed by atoms with Crippen LogP contribution >= 0.6 is 11.3 Å². The Morgan fingerprint density at radius 2 is 1.77 bits per heavy atom. The van der Waals surface area contributed by atoms with E-state index in [2.05, 4.69) is 10.1 Å². The topological polar surface area (TPSA) is 79.5 Å². The number of ether oxygens (including phenoxy) is 3. The van der Waals surface area contributed by atoms with Crippen LogP contribution in [0.3, 0.4) is 0 Å². The van der Waals surface area contributed by atoms with Crippen molar-refractivity contribution in [2.24, 2.45) is 0 Å². The summed E-state index contributed by atoms with van der Waals surface area (Å²) in [7, 11) is 3.20. The molecule has 0 N–H and O–H groups in total. The molecule has 0 radical (unpaired) electrons. The normalized spacial score (nSPS) is 10.8. The van der Waals surface area contributed by atoms with Crippen LogP contribution in [0.1, 0.15) is 17.8 Å². The number of methoxy groups -OCH3 is 2. The largest absolute Gasteiger partial charge is 0.497 e. The minimum atomic E-state index is 0.465. The van der Waals surface area contributed by atoms with E-state index in [9.17, 15) is 0 Å². The fraction of sp³-hybridized carbons (Fsp3) is 0.227. The Kier molecular flexibility index (Phi) is 5.94. The van der Waals surface area contributed by atoms with Crippen molar-refractivity contribution in [3.8, 4) is 39.9 Å². The Bertz CT molecular complexity index is 1120. The van der Waals surface area contributed by atoms with Crippen molar-refractivity contribution >= 4 is 11.3 Å². The molecular formula is C22H21N3O4S. The van der Waals surface area contributed by atoms with Gasteiger partial charge in [-0.3, -0.25) is 0 Å². The predicted molar refractivity (Wildman–Crippen MR) is 114 cm³/mol. The van der Waals surface area contributed by atoms with Crippen LogP contribution in [0.4, 0.5) is 0 Å². The fourth-order valence-electron chi connectivity index (χ4n) is 2.96. The number of benzene rings is 2. The average Bonchev–Trinajstić information content (AvgIpc) is 3.44. The molecule has 30 heavy (non-hydrogen) atoms. The third kappa shape index (κ3) is 4.28. The van der Waals surface area contributed by atoms with E-state index in [1.54, 1.807) is 31.6 Å². The lowest BCUT2D eigenvalue weighted by molar-refractivity contribution is 0.340. The van der Waals surface area contributed by atoms with E-state index in [4.69, 9.17) is 23.7 Å². The van der Waals surface area contributed by atoms with Crippen molar-refractivity contribution in [1.82, 2.24) is 15.1 Å². The molecule has 0 saturated carbocycles. The van der Waals surface area contributed by atoms with E-state index >= 15 is 0 Å². The second-order valence-corrected chi connectivity index (χ2v) is 7.28. The molecule has 4 aromatic rings. The van der Waals surface area contributed by atoms with E-state index in [0.29, 0.717) is 36.2 Å². The molecule has 0 saturated heterocycles. The first-order chi connectivity index (χ1) is 14.7. The quantitative estimate of drug-likeness (QED) is 0.400. The molecular weight excluding hydrogens is 402 g/mol. The van der Waals surface area contributed by atoms with E-state index < -0.39 is 0 Å². The summed E-state index contributed by atoms with van der Waals surface area (Å²) < 4.78 is 21.6. The predicted octanol–water partition coefficient (Wildman–Crippen LogP) is 4.87. The highest BCUT2D eigenvalue weighted by molar-refractivity contribution is 7.10. The van der Waals surface area contributed by atoms with E-state index in [1.807, 2.05) is 48.7 Å². The van der Waals surface area contributed by atoms with Crippen LogP contribution < -0.4 is 14.2 Å². The minimum absolute atomic E-state index is 0.465. The lowest BCUT2D eigenvalue weighted by Gasteiger charge is -2.07. The van der Waals surface area contributed by atoms with Gasteiger partial charge in [0.15, 0.2) is 0 Å². The van der Waals surface area contributed by atoms with Gasteiger partial charge in [0.2, 0.25) is 11.7 Å². The number of hydrogen-bond donors (Lipinski definition) is 0. The zero-order valence-electron chi connectivity index (χ0n) is 16.9. The molecule has 0 atom stereocenters. The van der Waals surface area contributed by atoms with E-state index in [1.165, 1.54) is 0 Å². The molecule has 0 bridgehead atoms. The summed E-state index contributed by atoms with van der Waals surface area (Å²) in [5.74, 6) is 3.13. The first kappa shape index (κ1) is 19.9. The van der Waals surface area contributed by atoms with Gasteiger partial charge in [-0.15, -0.1) is 11.3 Å². The molecule has 0 aliphatic rings. The van der Waals surface area contributed by atoms with E-state index in [-0.39, 0.29) is 0 Å². The molecule has 0 spiro atoms. The fourth-order valence-corrected chi connectivity index (χ4v) is 3.76. The molecule has 8 heteroatoms. The summed E-state index contributed by atoms with van der Waals surface area (Å²) in [6, 6.07) is 13.4. The summed E-state index contributed by atoms with van der Waals surface area (Å²) in [4.78, 5) is 9.20. The van der Waals surface area contributed by atoms with Crippen LogP contribution in [0.5, 0.6) is 17.2 Å². The Morgan fingerprint density at radius 1 is 0.967 bits per heavy atom. The lowest BCUT2D eigenvalue weighted by Crippen LogP contribution is -1.92. The average molecular weight is 423 g/mol. The van der Waals surface area contributed by atoms with E-state index in [0.717, 1.165) is 27.6 Å². The zero-order chi connectivity index (χ0) is 20.9. The smallest absolute Gasteiger partial charge is 0.233 e. The molecule has 2 aromatic heterocycles.